The van der Waals surface area contributed by atoms with Crippen LogP contribution in [0.5, 0.6) is 0 Å². The van der Waals surface area contributed by atoms with E-state index < -0.39 is 0 Å². The molecule has 0 N–H and O–H groups in total. The van der Waals surface area contributed by atoms with Crippen molar-refractivity contribution in [3.63, 3.8) is 0 Å². The Bertz CT molecular complexity index is 430. The highest BCUT2D eigenvalue weighted by Gasteiger charge is 2.32. The van der Waals surface area contributed by atoms with Gasteiger partial charge in [0.05, 0.1) is 16.7 Å². The number of thioether (sulfide) groups is 1. The van der Waals surface area contributed by atoms with Crippen LogP contribution in [-0.2, 0) is 0 Å². The second kappa shape index (κ2) is 3.74. The molecule has 0 fully saturated rings. The first-order valence-corrected chi connectivity index (χ1v) is 6.62. The van der Waals surface area contributed by atoms with Gasteiger partial charge in [-0.05, 0) is 17.5 Å². The topological polar surface area (TPSA) is 6.48 Å². The van der Waals surface area contributed by atoms with Gasteiger partial charge in [-0.2, -0.15) is 0 Å². The van der Waals surface area contributed by atoms with E-state index in [9.17, 15) is 0 Å². The molecule has 0 saturated carbocycles. The summed E-state index contributed by atoms with van der Waals surface area (Å²) >= 11 is 1.93. The van der Waals surface area contributed by atoms with Crippen LogP contribution in [0, 0.1) is 5.92 Å². The smallest absolute Gasteiger partial charge is 0.0877 e. The Morgan fingerprint density at radius 1 is 1.25 bits per heavy atom. The van der Waals surface area contributed by atoms with Crippen LogP contribution in [0.1, 0.15) is 6.92 Å². The van der Waals surface area contributed by atoms with E-state index in [4.69, 9.17) is 0 Å². The highest BCUT2D eigenvalue weighted by atomic mass is 32.2. The summed E-state index contributed by atoms with van der Waals surface area (Å²) in [6, 6.07) is 8.66. The average Bonchev–Trinajstić information content (AvgIpc) is 2.74. The zero-order chi connectivity index (χ0) is 11.1. The molecule has 1 aromatic carbocycles. The van der Waals surface area contributed by atoms with Crippen LogP contribution < -0.4 is 9.80 Å². The fourth-order valence-corrected chi connectivity index (χ4v) is 3.61. The van der Waals surface area contributed by atoms with E-state index in [0.29, 0.717) is 11.3 Å². The van der Waals surface area contributed by atoms with E-state index in [1.54, 1.807) is 0 Å². The predicted molar refractivity (Wildman–Crippen MR) is 71.9 cm³/mol. The molecule has 0 amide bonds. The lowest BCUT2D eigenvalue weighted by Gasteiger charge is -2.26. The van der Waals surface area contributed by atoms with Gasteiger partial charge in [-0.25, -0.2) is 0 Å². The van der Waals surface area contributed by atoms with Gasteiger partial charge in [0.25, 0.3) is 0 Å². The molecule has 0 radical (unpaired) electrons. The number of benzene rings is 1. The third-order valence-electron chi connectivity index (χ3n) is 3.33. The fourth-order valence-electron chi connectivity index (χ4n) is 2.58. The Labute approximate surface area is 101 Å². The van der Waals surface area contributed by atoms with Crippen molar-refractivity contribution >= 4 is 23.1 Å². The first-order valence-electron chi connectivity index (χ1n) is 5.68. The first-order chi connectivity index (χ1) is 7.77. The molecular weight excluding hydrogens is 216 g/mol. The van der Waals surface area contributed by atoms with Crippen molar-refractivity contribution in [2.24, 2.45) is 5.92 Å². The number of rotatable bonds is 0. The minimum Gasteiger partial charge on any atom is -0.373 e. The lowest BCUT2D eigenvalue weighted by molar-refractivity contribution is 0.567. The molecule has 3 heteroatoms. The summed E-state index contributed by atoms with van der Waals surface area (Å²) in [6.07, 6.45) is 2.21. The van der Waals surface area contributed by atoms with Crippen LogP contribution in [0.4, 0.5) is 11.4 Å². The molecule has 1 aromatic rings. The maximum Gasteiger partial charge on any atom is 0.0877 e. The second-order valence-corrected chi connectivity index (χ2v) is 5.59. The number of nitrogens with zero attached hydrogens (tertiary/aromatic N) is 2. The molecule has 0 aromatic heterocycles. The highest BCUT2D eigenvalue weighted by Crippen LogP contribution is 2.42. The summed E-state index contributed by atoms with van der Waals surface area (Å²) in [5, 5.41) is 2.77. The average molecular weight is 232 g/mol. The molecule has 16 heavy (non-hydrogen) atoms. The third kappa shape index (κ3) is 1.42. The van der Waals surface area contributed by atoms with Crippen molar-refractivity contribution in [2.75, 3.05) is 23.4 Å². The number of hydrogen-bond acceptors (Lipinski definition) is 3. The normalized spacial score (nSPS) is 27.6. The molecule has 2 aliphatic rings. The number of fused-ring (bicyclic) bond motifs is 3. The van der Waals surface area contributed by atoms with Crippen LogP contribution in [0.25, 0.3) is 0 Å². The molecule has 2 nitrogen and oxygen atoms in total. The van der Waals surface area contributed by atoms with Crippen molar-refractivity contribution in [2.45, 2.75) is 12.3 Å². The summed E-state index contributed by atoms with van der Waals surface area (Å²) < 4.78 is 0. The lowest BCUT2D eigenvalue weighted by atomic mass is 10.1. The van der Waals surface area contributed by atoms with Gasteiger partial charge >= 0.3 is 0 Å². The summed E-state index contributed by atoms with van der Waals surface area (Å²) in [4.78, 5) is 4.78. The Balaban J connectivity index is 2.12. The van der Waals surface area contributed by atoms with E-state index >= 15 is 0 Å². The van der Waals surface area contributed by atoms with Crippen LogP contribution in [0.3, 0.4) is 0 Å². The summed E-state index contributed by atoms with van der Waals surface area (Å²) in [5.74, 6) is 0.664. The molecule has 0 bridgehead atoms. The molecule has 0 saturated heterocycles. The zero-order valence-electron chi connectivity index (χ0n) is 9.63. The van der Waals surface area contributed by atoms with E-state index in [1.807, 2.05) is 11.8 Å². The van der Waals surface area contributed by atoms with Crippen LogP contribution >= 0.6 is 11.8 Å². The Morgan fingerprint density at radius 3 is 2.81 bits per heavy atom. The van der Waals surface area contributed by atoms with Crippen LogP contribution in [0.2, 0.25) is 0 Å². The van der Waals surface area contributed by atoms with E-state index in [1.165, 1.54) is 11.4 Å². The minimum atomic E-state index is 0.561. The van der Waals surface area contributed by atoms with E-state index in [0.717, 1.165) is 6.54 Å². The summed E-state index contributed by atoms with van der Waals surface area (Å²) in [5.41, 5.74) is 2.67. The standard InChI is InChI=1S/C13H16N2S/c1-10-9-14(2)11-5-3-4-6-12(11)15-7-8-16-13(10)15/h3-8,10,13H,9H2,1-2H3. The van der Waals surface area contributed by atoms with Crippen molar-refractivity contribution in [3.05, 3.63) is 35.9 Å². The fraction of sp³-hybridized carbons (Fsp3) is 0.385. The molecular formula is C13H16N2S. The minimum absolute atomic E-state index is 0.561. The SMILES string of the molecule is CC1CN(C)c2ccccc2N2C=CSC12. The highest BCUT2D eigenvalue weighted by molar-refractivity contribution is 8.03. The quantitative estimate of drug-likeness (QED) is 0.678. The summed E-state index contributed by atoms with van der Waals surface area (Å²) in [6.45, 7) is 3.45. The van der Waals surface area contributed by atoms with Gasteiger partial charge in [-0.3, -0.25) is 0 Å². The monoisotopic (exact) mass is 232 g/mol. The van der Waals surface area contributed by atoms with Gasteiger partial charge in [0.1, 0.15) is 0 Å². The Morgan fingerprint density at radius 2 is 2.00 bits per heavy atom. The molecule has 3 rings (SSSR count). The van der Waals surface area contributed by atoms with Gasteiger partial charge in [0, 0.05) is 25.7 Å². The summed E-state index contributed by atoms with van der Waals surface area (Å²) in [7, 11) is 2.19. The lowest BCUT2D eigenvalue weighted by Crippen LogP contribution is -2.32. The maximum atomic E-state index is 2.41. The van der Waals surface area contributed by atoms with Gasteiger partial charge in [0.2, 0.25) is 0 Å². The predicted octanol–water partition coefficient (Wildman–Crippen LogP) is 3.12. The van der Waals surface area contributed by atoms with E-state index in [2.05, 4.69) is 59.6 Å². The molecule has 0 spiro atoms. The Hall–Kier alpha value is -1.09. The first kappa shape index (κ1) is 10.1. The van der Waals surface area contributed by atoms with Crippen LogP contribution in [-0.4, -0.2) is 19.0 Å². The second-order valence-electron chi connectivity index (χ2n) is 4.57. The maximum absolute atomic E-state index is 2.41. The molecule has 84 valence electrons. The van der Waals surface area contributed by atoms with Crippen molar-refractivity contribution in [3.8, 4) is 0 Å². The third-order valence-corrected chi connectivity index (χ3v) is 4.58. The van der Waals surface area contributed by atoms with Crippen molar-refractivity contribution < 1.29 is 0 Å². The largest absolute Gasteiger partial charge is 0.373 e. The molecule has 2 aliphatic heterocycles. The van der Waals surface area contributed by atoms with Gasteiger partial charge in [-0.15, -0.1) is 11.8 Å². The van der Waals surface area contributed by atoms with Gasteiger partial charge in [0.15, 0.2) is 0 Å². The van der Waals surface area contributed by atoms with Crippen LogP contribution in [0.15, 0.2) is 35.9 Å². The van der Waals surface area contributed by atoms with Gasteiger partial charge < -0.3 is 9.80 Å². The zero-order valence-corrected chi connectivity index (χ0v) is 10.4. The van der Waals surface area contributed by atoms with Crippen molar-refractivity contribution in [1.82, 2.24) is 0 Å². The van der Waals surface area contributed by atoms with E-state index in [-0.39, 0.29) is 0 Å². The molecule has 2 heterocycles. The Kier molecular flexibility index (Phi) is 2.36. The molecule has 0 aliphatic carbocycles. The number of anilines is 2. The molecule has 2 unspecified atom stereocenters. The molecule has 2 atom stereocenters. The number of para-hydroxylation sites is 2. The van der Waals surface area contributed by atoms with Crippen molar-refractivity contribution in [1.29, 1.82) is 0 Å². The van der Waals surface area contributed by atoms with Gasteiger partial charge in [-0.1, -0.05) is 19.1 Å². The number of hydrogen-bond donors (Lipinski definition) is 0.